The fourth-order valence-corrected chi connectivity index (χ4v) is 7.92. The second-order valence-corrected chi connectivity index (χ2v) is 20.3. The van der Waals surface area contributed by atoms with E-state index in [4.69, 9.17) is 18.6 Å². The van der Waals surface area contributed by atoms with Gasteiger partial charge >= 0.3 is 0 Å². The van der Waals surface area contributed by atoms with Crippen LogP contribution in [-0.2, 0) is 19.6 Å². The molecule has 1 aliphatic heterocycles. The zero-order chi connectivity index (χ0) is 32.2. The molecule has 2 aromatic heterocycles. The summed E-state index contributed by atoms with van der Waals surface area (Å²) in [5, 5.41) is 8.01. The van der Waals surface area contributed by atoms with Gasteiger partial charge in [0.25, 0.3) is 0 Å². The number of furan rings is 1. The summed E-state index contributed by atoms with van der Waals surface area (Å²) in [4.78, 5) is 14.6. The van der Waals surface area contributed by atoms with Crippen LogP contribution in [0, 0.1) is 6.92 Å². The number of piperidine rings is 1. The normalized spacial score (nSPS) is 16.7. The molecule has 3 aromatic rings. The molecule has 0 aliphatic carbocycles. The molecule has 3 heterocycles. The van der Waals surface area contributed by atoms with Crippen molar-refractivity contribution >= 4 is 30.0 Å². The van der Waals surface area contributed by atoms with E-state index in [1.165, 1.54) is 18.5 Å². The molecule has 0 unspecified atom stereocenters. The van der Waals surface area contributed by atoms with Gasteiger partial charge in [0.15, 0.2) is 5.76 Å². The minimum atomic E-state index is -4.09. The lowest BCUT2D eigenvalue weighted by atomic mass is 10.0. The number of para-hydroxylation sites is 1. The molecule has 2 atom stereocenters. The van der Waals surface area contributed by atoms with E-state index in [0.717, 1.165) is 12.8 Å². The summed E-state index contributed by atoms with van der Waals surface area (Å²) in [6, 6.07) is 9.38. The predicted octanol–water partition coefficient (Wildman–Crippen LogP) is 4.74. The van der Waals surface area contributed by atoms with E-state index in [0.29, 0.717) is 53.6 Å². The molecule has 0 bridgehead atoms. The molecular formula is C30H45N5O7SSi. The SMILES string of the molecule is COC[C@@H]1CCCC(=O)N1C[C@@H](C)S(=O)(=O)N(CC[Si](C)(C)C)c1nnc(-c2ccc(C)o2)n1-c1c(OC)cccc1OC. The van der Waals surface area contributed by atoms with E-state index in [1.54, 1.807) is 53.8 Å². The lowest BCUT2D eigenvalue weighted by Crippen LogP contribution is -2.52. The number of methoxy groups -OCH3 is 3. The number of ether oxygens (including phenoxy) is 3. The number of sulfonamides is 1. The Morgan fingerprint density at radius 1 is 1.09 bits per heavy atom. The predicted molar refractivity (Wildman–Crippen MR) is 172 cm³/mol. The maximum absolute atomic E-state index is 14.6. The van der Waals surface area contributed by atoms with Gasteiger partial charge in [0.05, 0.1) is 32.1 Å². The molecule has 1 saturated heterocycles. The van der Waals surface area contributed by atoms with Crippen molar-refractivity contribution in [2.24, 2.45) is 0 Å². The quantitative estimate of drug-likeness (QED) is 0.228. The molecule has 0 saturated carbocycles. The molecule has 4 rings (SSSR count). The first-order valence-electron chi connectivity index (χ1n) is 14.9. The molecule has 44 heavy (non-hydrogen) atoms. The van der Waals surface area contributed by atoms with Crippen molar-refractivity contribution in [3.05, 3.63) is 36.1 Å². The molecule has 1 fully saturated rings. The second-order valence-electron chi connectivity index (χ2n) is 12.4. The van der Waals surface area contributed by atoms with E-state index in [9.17, 15) is 13.2 Å². The summed E-state index contributed by atoms with van der Waals surface area (Å²) in [5.41, 5.74) is 0.439. The summed E-state index contributed by atoms with van der Waals surface area (Å²) in [5.74, 6) is 2.26. The monoisotopic (exact) mass is 647 g/mol. The third kappa shape index (κ3) is 7.13. The summed E-state index contributed by atoms with van der Waals surface area (Å²) in [7, 11) is -1.17. The molecule has 0 N–H and O–H groups in total. The van der Waals surface area contributed by atoms with Crippen molar-refractivity contribution in [2.45, 2.75) is 70.1 Å². The maximum Gasteiger partial charge on any atom is 0.246 e. The Bertz CT molecular complexity index is 1520. The molecular weight excluding hydrogens is 603 g/mol. The van der Waals surface area contributed by atoms with Gasteiger partial charge in [0.2, 0.25) is 27.7 Å². The van der Waals surface area contributed by atoms with Crippen molar-refractivity contribution in [2.75, 3.05) is 45.3 Å². The Hall–Kier alpha value is -3.36. The Morgan fingerprint density at radius 3 is 2.34 bits per heavy atom. The minimum Gasteiger partial charge on any atom is -0.494 e. The number of aromatic nitrogens is 3. The highest BCUT2D eigenvalue weighted by Crippen LogP contribution is 2.40. The molecule has 14 heteroatoms. The van der Waals surface area contributed by atoms with E-state index >= 15 is 0 Å². The lowest BCUT2D eigenvalue weighted by Gasteiger charge is -2.38. The van der Waals surface area contributed by atoms with Crippen LogP contribution in [0.2, 0.25) is 25.7 Å². The zero-order valence-corrected chi connectivity index (χ0v) is 28.8. The number of likely N-dealkylation sites (tertiary alicyclic amines) is 1. The van der Waals surface area contributed by atoms with Gasteiger partial charge in [-0.3, -0.25) is 9.36 Å². The number of anilines is 1. The Kier molecular flexibility index (Phi) is 10.5. The number of rotatable bonds is 14. The molecule has 0 radical (unpaired) electrons. The number of hydrogen-bond donors (Lipinski definition) is 0. The third-order valence-corrected chi connectivity index (χ3v) is 11.7. The number of aryl methyl sites for hydroxylation is 1. The van der Waals surface area contributed by atoms with E-state index in [-0.39, 0.29) is 31.0 Å². The fraction of sp³-hybridized carbons (Fsp3) is 0.567. The van der Waals surface area contributed by atoms with E-state index in [1.807, 2.05) is 6.92 Å². The van der Waals surface area contributed by atoms with Crippen LogP contribution >= 0.6 is 0 Å². The first kappa shape index (κ1) is 33.5. The van der Waals surface area contributed by atoms with Crippen LogP contribution in [0.25, 0.3) is 17.3 Å². The first-order chi connectivity index (χ1) is 20.8. The topological polar surface area (TPSA) is 129 Å². The number of amides is 1. The van der Waals surface area contributed by atoms with E-state index < -0.39 is 23.3 Å². The summed E-state index contributed by atoms with van der Waals surface area (Å²) in [6.07, 6.45) is 1.91. The van der Waals surface area contributed by atoms with Crippen molar-refractivity contribution in [3.63, 3.8) is 0 Å². The van der Waals surface area contributed by atoms with Gasteiger partial charge in [-0.25, -0.2) is 12.7 Å². The average Bonchev–Trinajstić information content (AvgIpc) is 3.59. The minimum absolute atomic E-state index is 0.0367. The van der Waals surface area contributed by atoms with Crippen molar-refractivity contribution in [1.82, 2.24) is 19.7 Å². The van der Waals surface area contributed by atoms with E-state index in [2.05, 4.69) is 29.8 Å². The summed E-state index contributed by atoms with van der Waals surface area (Å²) >= 11 is 0. The van der Waals surface area contributed by atoms with Gasteiger partial charge in [-0.15, -0.1) is 10.2 Å². The van der Waals surface area contributed by atoms with Gasteiger partial charge in [-0.2, -0.15) is 0 Å². The molecule has 1 amide bonds. The van der Waals surface area contributed by atoms with Gasteiger partial charge in [0.1, 0.15) is 22.9 Å². The van der Waals surface area contributed by atoms with Crippen LogP contribution in [0.5, 0.6) is 11.5 Å². The number of hydrogen-bond acceptors (Lipinski definition) is 9. The Morgan fingerprint density at radius 2 is 1.77 bits per heavy atom. The van der Waals surface area contributed by atoms with Crippen molar-refractivity contribution in [3.8, 4) is 28.8 Å². The Labute approximate surface area is 261 Å². The maximum atomic E-state index is 14.6. The number of nitrogens with zero attached hydrogens (tertiary/aromatic N) is 5. The summed E-state index contributed by atoms with van der Waals surface area (Å²) in [6.45, 7) is 10.6. The van der Waals surface area contributed by atoms with Crippen LogP contribution in [0.4, 0.5) is 5.95 Å². The van der Waals surface area contributed by atoms with Gasteiger partial charge in [0, 0.05) is 34.7 Å². The highest BCUT2D eigenvalue weighted by molar-refractivity contribution is 7.93. The molecule has 12 nitrogen and oxygen atoms in total. The molecule has 1 aromatic carbocycles. The van der Waals surface area contributed by atoms with Crippen molar-refractivity contribution in [1.29, 1.82) is 0 Å². The molecule has 1 aliphatic rings. The fourth-order valence-electron chi connectivity index (χ4n) is 5.38. The van der Waals surface area contributed by atoms with Gasteiger partial charge in [-0.05, 0) is 57.0 Å². The molecule has 242 valence electrons. The number of benzene rings is 1. The highest BCUT2D eigenvalue weighted by Gasteiger charge is 2.39. The highest BCUT2D eigenvalue weighted by atomic mass is 32.2. The molecule has 0 spiro atoms. The Balaban J connectivity index is 1.90. The number of carbonyl (C=O) groups excluding carboxylic acids is 1. The smallest absolute Gasteiger partial charge is 0.246 e. The van der Waals surface area contributed by atoms with Gasteiger partial charge < -0.3 is 23.5 Å². The van der Waals surface area contributed by atoms with Crippen molar-refractivity contribution < 1.29 is 31.8 Å². The zero-order valence-electron chi connectivity index (χ0n) is 27.0. The largest absolute Gasteiger partial charge is 0.494 e. The standard InChI is InChI=1S/C30H45N5O7SSi/c1-21-15-16-26(42-21)29-31-32-30(35(29)28-24(40-4)12-10-13-25(28)41-5)34(17-18-44(6,7)8)43(37,38)22(2)19-33-23(20-39-3)11-9-14-27(33)36/h10,12-13,15-16,22-23H,9,11,14,17-20H2,1-8H3/t22-,23+/m1/s1. The third-order valence-electron chi connectivity index (χ3n) is 7.84. The van der Waals surface area contributed by atoms with Crippen LogP contribution in [0.15, 0.2) is 34.7 Å². The van der Waals surface area contributed by atoms with Crippen LogP contribution in [0.3, 0.4) is 0 Å². The van der Waals surface area contributed by atoms with Crippen LogP contribution < -0.4 is 13.8 Å². The number of carbonyl (C=O) groups is 1. The summed E-state index contributed by atoms with van der Waals surface area (Å²) < 4.78 is 55.0. The second kappa shape index (κ2) is 13.7. The average molecular weight is 648 g/mol. The lowest BCUT2D eigenvalue weighted by molar-refractivity contribution is -0.137. The first-order valence-corrected chi connectivity index (χ1v) is 20.1. The van der Waals surface area contributed by atoms with Crippen LogP contribution in [-0.4, -0.2) is 94.4 Å². The van der Waals surface area contributed by atoms with Crippen LogP contribution in [0.1, 0.15) is 31.9 Å². The van der Waals surface area contributed by atoms with Gasteiger partial charge in [-0.1, -0.05) is 25.7 Å².